The zero-order valence-electron chi connectivity index (χ0n) is 9.87. The standard InChI is InChI=1S/C10H12N3O4S/c1-6(3-9(15)16-2)17-13-7(4-14)8-5-18-10(11)12-8/h5-6H,3H2,1-2H3,(H2,11,12). The number of nitrogens with two attached hydrogens (primary N) is 1. The number of rotatable bonds is 6. The Labute approximate surface area is 108 Å². The van der Waals surface area contributed by atoms with Crippen molar-refractivity contribution in [2.24, 2.45) is 5.16 Å². The van der Waals surface area contributed by atoms with E-state index in [2.05, 4.69) is 14.9 Å². The number of nitrogen functional groups attached to an aromatic ring is 1. The highest BCUT2D eigenvalue weighted by molar-refractivity contribution is 7.13. The number of esters is 1. The first-order valence-corrected chi connectivity index (χ1v) is 5.85. The summed E-state index contributed by atoms with van der Waals surface area (Å²) in [7, 11) is 1.28. The number of aromatic nitrogens is 1. The molecule has 1 rings (SSSR count). The van der Waals surface area contributed by atoms with Gasteiger partial charge in [0.25, 0.3) is 6.29 Å². The molecule has 0 bridgehead atoms. The molecule has 0 amide bonds. The van der Waals surface area contributed by atoms with E-state index in [1.807, 2.05) is 0 Å². The summed E-state index contributed by atoms with van der Waals surface area (Å²) in [4.78, 5) is 30.5. The van der Waals surface area contributed by atoms with Crippen LogP contribution in [0, 0.1) is 0 Å². The molecule has 1 radical (unpaired) electrons. The van der Waals surface area contributed by atoms with Gasteiger partial charge in [-0.25, -0.2) is 4.98 Å². The molecule has 0 aliphatic carbocycles. The maximum atomic E-state index is 11.0. The zero-order valence-corrected chi connectivity index (χ0v) is 10.7. The molecular weight excluding hydrogens is 258 g/mol. The number of oxime groups is 1. The minimum absolute atomic E-state index is 0.0331. The molecule has 0 saturated heterocycles. The van der Waals surface area contributed by atoms with Crippen molar-refractivity contribution in [1.29, 1.82) is 0 Å². The summed E-state index contributed by atoms with van der Waals surface area (Å²) in [6.07, 6.45) is 1.12. The summed E-state index contributed by atoms with van der Waals surface area (Å²) in [6.45, 7) is 1.62. The molecule has 0 aliphatic heterocycles. The van der Waals surface area contributed by atoms with Crippen molar-refractivity contribution in [1.82, 2.24) is 4.98 Å². The number of methoxy groups -OCH3 is 1. The Morgan fingerprint density at radius 1 is 1.72 bits per heavy atom. The van der Waals surface area contributed by atoms with Gasteiger partial charge < -0.3 is 15.3 Å². The maximum absolute atomic E-state index is 11.0. The molecule has 0 saturated carbocycles. The summed E-state index contributed by atoms with van der Waals surface area (Å²) in [5.41, 5.74) is 5.62. The second kappa shape index (κ2) is 6.70. The lowest BCUT2D eigenvalue weighted by Gasteiger charge is -2.07. The van der Waals surface area contributed by atoms with Crippen LogP contribution in [0.25, 0.3) is 0 Å². The lowest BCUT2D eigenvalue weighted by atomic mass is 10.3. The van der Waals surface area contributed by atoms with Crippen LogP contribution in [0.2, 0.25) is 0 Å². The first-order chi connectivity index (χ1) is 8.56. The molecule has 1 unspecified atom stereocenters. The monoisotopic (exact) mass is 270 g/mol. The first kappa shape index (κ1) is 14.1. The summed E-state index contributed by atoms with van der Waals surface area (Å²) in [5.74, 6) is -0.424. The van der Waals surface area contributed by atoms with Gasteiger partial charge in [0, 0.05) is 5.38 Å². The van der Waals surface area contributed by atoms with Crippen LogP contribution >= 0.6 is 11.3 Å². The quantitative estimate of drug-likeness (QED) is 0.459. The smallest absolute Gasteiger partial charge is 0.309 e. The Morgan fingerprint density at radius 3 is 2.94 bits per heavy atom. The third-order valence-corrected chi connectivity index (χ3v) is 2.54. The minimum Gasteiger partial charge on any atom is -0.469 e. The van der Waals surface area contributed by atoms with Crippen molar-refractivity contribution in [3.63, 3.8) is 0 Å². The lowest BCUT2D eigenvalue weighted by Crippen LogP contribution is -2.14. The van der Waals surface area contributed by atoms with Gasteiger partial charge in [-0.05, 0) is 6.92 Å². The highest BCUT2D eigenvalue weighted by Crippen LogP contribution is 2.12. The third kappa shape index (κ3) is 4.13. The van der Waals surface area contributed by atoms with Crippen LogP contribution < -0.4 is 5.73 Å². The molecule has 1 aromatic heterocycles. The molecule has 97 valence electrons. The minimum atomic E-state index is -0.517. The predicted molar refractivity (Wildman–Crippen MR) is 65.9 cm³/mol. The number of thiazole rings is 1. The topological polar surface area (TPSA) is 104 Å². The number of carbonyl (C=O) groups excluding carboxylic acids is 2. The normalized spacial score (nSPS) is 12.9. The summed E-state index contributed by atoms with van der Waals surface area (Å²) >= 11 is 1.17. The molecule has 1 aromatic rings. The van der Waals surface area contributed by atoms with Crippen molar-refractivity contribution in [3.8, 4) is 0 Å². The number of carbonyl (C=O) groups is 1. The molecule has 2 N–H and O–H groups in total. The van der Waals surface area contributed by atoms with E-state index in [1.54, 1.807) is 18.6 Å². The van der Waals surface area contributed by atoms with E-state index in [1.165, 1.54) is 18.4 Å². The van der Waals surface area contributed by atoms with Gasteiger partial charge in [0.1, 0.15) is 11.8 Å². The van der Waals surface area contributed by atoms with E-state index in [0.717, 1.165) is 0 Å². The van der Waals surface area contributed by atoms with Crippen molar-refractivity contribution >= 4 is 34.4 Å². The second-order valence-electron chi connectivity index (χ2n) is 3.31. The number of anilines is 1. The fourth-order valence-electron chi connectivity index (χ4n) is 1.01. The molecule has 0 aromatic carbocycles. The van der Waals surface area contributed by atoms with Gasteiger partial charge in [-0.2, -0.15) is 0 Å². The number of ether oxygens (including phenoxy) is 1. The average Bonchev–Trinajstić information content (AvgIpc) is 2.76. The number of hydrogen-bond acceptors (Lipinski definition) is 8. The second-order valence-corrected chi connectivity index (χ2v) is 4.20. The summed E-state index contributed by atoms with van der Waals surface area (Å²) in [5, 5.41) is 5.47. The predicted octanol–water partition coefficient (Wildman–Crippen LogP) is 0.507. The van der Waals surface area contributed by atoms with Gasteiger partial charge in [0.2, 0.25) is 0 Å². The molecule has 0 spiro atoms. The van der Waals surface area contributed by atoms with Crippen molar-refractivity contribution in [3.05, 3.63) is 11.1 Å². The fourth-order valence-corrected chi connectivity index (χ4v) is 1.56. The van der Waals surface area contributed by atoms with Gasteiger partial charge >= 0.3 is 5.97 Å². The van der Waals surface area contributed by atoms with E-state index >= 15 is 0 Å². The van der Waals surface area contributed by atoms with Crippen molar-refractivity contribution < 1.29 is 19.2 Å². The molecule has 7 nitrogen and oxygen atoms in total. The highest BCUT2D eigenvalue weighted by Gasteiger charge is 2.13. The highest BCUT2D eigenvalue weighted by atomic mass is 32.1. The van der Waals surface area contributed by atoms with E-state index in [4.69, 9.17) is 10.6 Å². The first-order valence-electron chi connectivity index (χ1n) is 4.97. The maximum Gasteiger partial charge on any atom is 0.309 e. The van der Waals surface area contributed by atoms with Crippen LogP contribution in [-0.4, -0.2) is 36.2 Å². The number of hydrogen-bond donors (Lipinski definition) is 1. The Morgan fingerprint density at radius 2 is 2.44 bits per heavy atom. The van der Waals surface area contributed by atoms with Gasteiger partial charge in [-0.15, -0.1) is 11.3 Å². The molecule has 8 heteroatoms. The van der Waals surface area contributed by atoms with Crippen LogP contribution in [0.15, 0.2) is 10.5 Å². The van der Waals surface area contributed by atoms with E-state index < -0.39 is 12.1 Å². The summed E-state index contributed by atoms with van der Waals surface area (Å²) < 4.78 is 4.47. The lowest BCUT2D eigenvalue weighted by molar-refractivity contribution is -0.143. The van der Waals surface area contributed by atoms with Crippen LogP contribution in [0.4, 0.5) is 5.13 Å². The van der Waals surface area contributed by atoms with Gasteiger partial charge in [-0.3, -0.25) is 9.59 Å². The van der Waals surface area contributed by atoms with Crippen LogP contribution in [0.3, 0.4) is 0 Å². The largest absolute Gasteiger partial charge is 0.469 e. The fraction of sp³-hybridized carbons (Fsp3) is 0.400. The van der Waals surface area contributed by atoms with Crippen molar-refractivity contribution in [2.75, 3.05) is 12.8 Å². The Bertz CT molecular complexity index is 458. The summed E-state index contributed by atoms with van der Waals surface area (Å²) in [6, 6.07) is 0. The van der Waals surface area contributed by atoms with Gasteiger partial charge in [-0.1, -0.05) is 5.16 Å². The molecule has 1 atom stereocenters. The van der Waals surface area contributed by atoms with Crippen molar-refractivity contribution in [2.45, 2.75) is 19.4 Å². The van der Waals surface area contributed by atoms with E-state index in [-0.39, 0.29) is 17.8 Å². The SMILES string of the molecule is COC(=O)CC(C)ON=C([C]=O)c1csc(N)n1. The van der Waals surface area contributed by atoms with Crippen LogP contribution in [0.1, 0.15) is 19.0 Å². The van der Waals surface area contributed by atoms with Crippen LogP contribution in [0.5, 0.6) is 0 Å². The molecule has 0 fully saturated rings. The van der Waals surface area contributed by atoms with Gasteiger partial charge in [0.15, 0.2) is 10.8 Å². The Balaban J connectivity index is 2.63. The molecule has 1 heterocycles. The van der Waals surface area contributed by atoms with Gasteiger partial charge in [0.05, 0.1) is 13.5 Å². The molecule has 18 heavy (non-hydrogen) atoms. The Hall–Kier alpha value is -1.96. The molecular formula is C10H12N3O4S. The third-order valence-electron chi connectivity index (χ3n) is 1.87. The number of nitrogens with zero attached hydrogens (tertiary/aromatic N) is 2. The van der Waals surface area contributed by atoms with E-state index in [0.29, 0.717) is 5.13 Å². The van der Waals surface area contributed by atoms with E-state index in [9.17, 15) is 9.59 Å². The Kier molecular flexibility index (Phi) is 5.25. The molecule has 0 aliphatic rings. The van der Waals surface area contributed by atoms with Crippen LogP contribution in [-0.2, 0) is 19.2 Å². The zero-order chi connectivity index (χ0) is 13.5. The average molecular weight is 270 g/mol.